The molecule has 2 amide bonds. The summed E-state index contributed by atoms with van der Waals surface area (Å²) in [6, 6.07) is 10.4. The molecule has 1 aliphatic rings. The van der Waals surface area contributed by atoms with Gasteiger partial charge in [-0.25, -0.2) is 0 Å². The van der Waals surface area contributed by atoms with Crippen molar-refractivity contribution in [1.82, 2.24) is 10.2 Å². The molecule has 2 atom stereocenters. The van der Waals surface area contributed by atoms with Gasteiger partial charge in [-0.2, -0.15) is 0 Å². The summed E-state index contributed by atoms with van der Waals surface area (Å²) in [4.78, 5) is 26.3. The molecule has 1 aromatic rings. The lowest BCUT2D eigenvalue weighted by Gasteiger charge is -2.32. The van der Waals surface area contributed by atoms with Crippen LogP contribution in [0.2, 0.25) is 0 Å². The fourth-order valence-electron chi connectivity index (χ4n) is 2.99. The maximum atomic E-state index is 12.4. The minimum atomic E-state index is -0.221. The molecule has 0 saturated carbocycles. The van der Waals surface area contributed by atoms with Crippen LogP contribution in [0.1, 0.15) is 46.1 Å². The lowest BCUT2D eigenvalue weighted by atomic mass is 10.0. The van der Waals surface area contributed by atoms with E-state index in [9.17, 15) is 9.59 Å². The topological polar surface area (TPSA) is 49.4 Å². The Morgan fingerprint density at radius 1 is 1.30 bits per heavy atom. The molecule has 1 saturated heterocycles. The predicted octanol–water partition coefficient (Wildman–Crippen LogP) is 2.77. The molecule has 0 radical (unpaired) electrons. The molecule has 1 N–H and O–H groups in total. The van der Waals surface area contributed by atoms with Crippen molar-refractivity contribution < 1.29 is 9.59 Å². The minimum Gasteiger partial charge on any atom is -0.353 e. The SMILES string of the molecule is CC(CCc1ccccc1)NC(=O)C1CC(=O)N(C(C)(C)C)C1. The van der Waals surface area contributed by atoms with Gasteiger partial charge in [-0.05, 0) is 46.1 Å². The molecule has 1 aromatic carbocycles. The fourth-order valence-corrected chi connectivity index (χ4v) is 2.99. The zero-order valence-corrected chi connectivity index (χ0v) is 14.6. The van der Waals surface area contributed by atoms with Crippen molar-refractivity contribution in [1.29, 1.82) is 0 Å². The highest BCUT2D eigenvalue weighted by atomic mass is 16.2. The van der Waals surface area contributed by atoms with Gasteiger partial charge >= 0.3 is 0 Å². The van der Waals surface area contributed by atoms with E-state index >= 15 is 0 Å². The van der Waals surface area contributed by atoms with E-state index in [4.69, 9.17) is 0 Å². The maximum absolute atomic E-state index is 12.4. The van der Waals surface area contributed by atoms with Crippen molar-refractivity contribution in [3.05, 3.63) is 35.9 Å². The monoisotopic (exact) mass is 316 g/mol. The Labute approximate surface area is 139 Å². The van der Waals surface area contributed by atoms with Crippen LogP contribution in [0.5, 0.6) is 0 Å². The Morgan fingerprint density at radius 3 is 2.52 bits per heavy atom. The Morgan fingerprint density at radius 2 is 1.96 bits per heavy atom. The fraction of sp³-hybridized carbons (Fsp3) is 0.579. The number of nitrogens with zero attached hydrogens (tertiary/aromatic N) is 1. The average molecular weight is 316 g/mol. The van der Waals surface area contributed by atoms with Crippen molar-refractivity contribution in [2.75, 3.05) is 6.54 Å². The third-order valence-electron chi connectivity index (χ3n) is 4.40. The Hall–Kier alpha value is -1.84. The van der Waals surface area contributed by atoms with Crippen LogP contribution in [0.25, 0.3) is 0 Å². The van der Waals surface area contributed by atoms with Crippen LogP contribution in [0.15, 0.2) is 30.3 Å². The Balaban J connectivity index is 1.81. The summed E-state index contributed by atoms with van der Waals surface area (Å²) in [5, 5.41) is 3.07. The second-order valence-electron chi connectivity index (χ2n) is 7.51. The number of nitrogens with one attached hydrogen (secondary N) is 1. The molecule has 0 spiro atoms. The molecular weight excluding hydrogens is 288 g/mol. The van der Waals surface area contributed by atoms with Crippen molar-refractivity contribution >= 4 is 11.8 Å². The molecule has 2 unspecified atom stereocenters. The van der Waals surface area contributed by atoms with Crippen molar-refractivity contribution in [3.8, 4) is 0 Å². The van der Waals surface area contributed by atoms with Gasteiger partial charge in [0.1, 0.15) is 0 Å². The van der Waals surface area contributed by atoms with E-state index in [1.54, 1.807) is 0 Å². The summed E-state index contributed by atoms with van der Waals surface area (Å²) < 4.78 is 0. The van der Waals surface area contributed by atoms with E-state index < -0.39 is 0 Å². The van der Waals surface area contributed by atoms with E-state index in [2.05, 4.69) is 17.4 Å². The molecule has 0 aliphatic carbocycles. The normalized spacial score (nSPS) is 19.7. The average Bonchev–Trinajstić information content (AvgIpc) is 2.88. The van der Waals surface area contributed by atoms with E-state index in [1.165, 1.54) is 5.56 Å². The molecular formula is C19H28N2O2. The first kappa shape index (κ1) is 17.5. The first-order chi connectivity index (χ1) is 10.8. The third kappa shape index (κ3) is 4.81. The van der Waals surface area contributed by atoms with Crippen LogP contribution in [-0.2, 0) is 16.0 Å². The summed E-state index contributed by atoms with van der Waals surface area (Å²) in [6.45, 7) is 8.58. The van der Waals surface area contributed by atoms with E-state index in [-0.39, 0.29) is 29.3 Å². The van der Waals surface area contributed by atoms with Gasteiger partial charge in [-0.3, -0.25) is 9.59 Å². The number of benzene rings is 1. The van der Waals surface area contributed by atoms with Crippen LogP contribution in [-0.4, -0.2) is 34.8 Å². The zero-order valence-electron chi connectivity index (χ0n) is 14.6. The number of carbonyl (C=O) groups is 2. The number of rotatable bonds is 5. The smallest absolute Gasteiger partial charge is 0.225 e. The van der Waals surface area contributed by atoms with Gasteiger partial charge in [-0.1, -0.05) is 30.3 Å². The van der Waals surface area contributed by atoms with Crippen LogP contribution in [0, 0.1) is 5.92 Å². The van der Waals surface area contributed by atoms with Gasteiger partial charge in [0.25, 0.3) is 0 Å². The van der Waals surface area contributed by atoms with Gasteiger partial charge in [0.15, 0.2) is 0 Å². The van der Waals surface area contributed by atoms with Crippen LogP contribution >= 0.6 is 0 Å². The first-order valence-corrected chi connectivity index (χ1v) is 8.42. The third-order valence-corrected chi connectivity index (χ3v) is 4.40. The number of carbonyl (C=O) groups excluding carboxylic acids is 2. The van der Waals surface area contributed by atoms with Gasteiger partial charge < -0.3 is 10.2 Å². The number of amides is 2. The molecule has 1 heterocycles. The van der Waals surface area contributed by atoms with Gasteiger partial charge in [-0.15, -0.1) is 0 Å². The van der Waals surface area contributed by atoms with Gasteiger partial charge in [0, 0.05) is 24.5 Å². The van der Waals surface area contributed by atoms with Crippen LogP contribution in [0.3, 0.4) is 0 Å². The number of aryl methyl sites for hydroxylation is 1. The summed E-state index contributed by atoms with van der Waals surface area (Å²) in [6.07, 6.45) is 2.17. The van der Waals surface area contributed by atoms with Gasteiger partial charge in [0.05, 0.1) is 5.92 Å². The molecule has 4 heteroatoms. The minimum absolute atomic E-state index is 0.00524. The summed E-state index contributed by atoms with van der Waals surface area (Å²) in [5.74, 6) is -0.138. The zero-order chi connectivity index (χ0) is 17.0. The second-order valence-corrected chi connectivity index (χ2v) is 7.51. The van der Waals surface area contributed by atoms with E-state index in [0.29, 0.717) is 13.0 Å². The molecule has 23 heavy (non-hydrogen) atoms. The van der Waals surface area contributed by atoms with Crippen LogP contribution in [0.4, 0.5) is 0 Å². The van der Waals surface area contributed by atoms with E-state index in [1.807, 2.05) is 50.8 Å². The highest BCUT2D eigenvalue weighted by Gasteiger charge is 2.39. The molecule has 0 bridgehead atoms. The summed E-state index contributed by atoms with van der Waals surface area (Å²) in [7, 11) is 0. The number of hydrogen-bond acceptors (Lipinski definition) is 2. The predicted molar refractivity (Wildman–Crippen MR) is 91.9 cm³/mol. The largest absolute Gasteiger partial charge is 0.353 e. The molecule has 0 aromatic heterocycles. The van der Waals surface area contributed by atoms with Gasteiger partial charge in [0.2, 0.25) is 11.8 Å². The van der Waals surface area contributed by atoms with E-state index in [0.717, 1.165) is 12.8 Å². The highest BCUT2D eigenvalue weighted by molar-refractivity contribution is 5.89. The number of likely N-dealkylation sites (tertiary alicyclic amines) is 1. The van der Waals surface area contributed by atoms with Crippen molar-refractivity contribution in [2.45, 2.75) is 58.5 Å². The van der Waals surface area contributed by atoms with Crippen molar-refractivity contribution in [3.63, 3.8) is 0 Å². The molecule has 2 rings (SSSR count). The lowest BCUT2D eigenvalue weighted by Crippen LogP contribution is -2.44. The molecule has 126 valence electrons. The molecule has 1 aliphatic heterocycles. The summed E-state index contributed by atoms with van der Waals surface area (Å²) >= 11 is 0. The lowest BCUT2D eigenvalue weighted by molar-refractivity contribution is -0.132. The first-order valence-electron chi connectivity index (χ1n) is 8.42. The second kappa shape index (κ2) is 7.16. The molecule has 1 fully saturated rings. The highest BCUT2D eigenvalue weighted by Crippen LogP contribution is 2.26. The quantitative estimate of drug-likeness (QED) is 0.908. The standard InChI is InChI=1S/C19H28N2O2/c1-14(10-11-15-8-6-5-7-9-15)20-18(23)16-12-17(22)21(13-16)19(2,3)4/h5-9,14,16H,10-13H2,1-4H3,(H,20,23). The number of hydrogen-bond donors (Lipinski definition) is 1. The molecule has 4 nitrogen and oxygen atoms in total. The Bertz CT molecular complexity index is 548. The Kier molecular flexibility index (Phi) is 5.45. The summed E-state index contributed by atoms with van der Waals surface area (Å²) in [5.41, 5.74) is 1.06. The van der Waals surface area contributed by atoms with Crippen LogP contribution < -0.4 is 5.32 Å². The maximum Gasteiger partial charge on any atom is 0.225 e. The van der Waals surface area contributed by atoms with Crippen molar-refractivity contribution in [2.24, 2.45) is 5.92 Å².